The van der Waals surface area contributed by atoms with Gasteiger partial charge in [0.2, 0.25) is 0 Å². The SMILES string of the molecule is CCCCCCCCCCCCCCCCCCCCCCC(=O)OC[C@H](COP(=O)(O)OC[C@@H](O)COP(=O)(O)OC[C@@H](COC(=O)CCCCCCCCCCCC)OC(=O)CCCCCCCCCCCCCC)OC(=O)CCCCCCCCCCCCCCCCCCCCCC. The van der Waals surface area contributed by atoms with Crippen molar-refractivity contribution in [3.8, 4) is 0 Å². The van der Waals surface area contributed by atoms with E-state index in [0.717, 1.165) is 89.9 Å². The topological polar surface area (TPSA) is 237 Å². The Morgan fingerprint density at radius 2 is 0.392 bits per heavy atom. The summed E-state index contributed by atoms with van der Waals surface area (Å²) in [6, 6.07) is 0. The van der Waals surface area contributed by atoms with Crippen LogP contribution in [0.1, 0.15) is 451 Å². The molecule has 19 heteroatoms. The van der Waals surface area contributed by atoms with Crippen LogP contribution < -0.4 is 0 Å². The fourth-order valence-corrected chi connectivity index (χ4v) is 14.6. The summed E-state index contributed by atoms with van der Waals surface area (Å²) >= 11 is 0. The van der Waals surface area contributed by atoms with E-state index in [1.807, 2.05) is 0 Å². The Morgan fingerprint density at radius 3 is 0.578 bits per heavy atom. The maximum atomic E-state index is 13.1. The molecule has 0 aromatic heterocycles. The standard InChI is InChI=1S/C83H162O17P2/c1-5-9-13-17-21-25-29-32-34-36-38-40-42-44-46-49-52-56-60-64-68-81(86)94-74-79(100-83(88)70-66-62-58-54-50-47-45-43-41-39-37-35-33-30-26-22-18-14-10-6-2)76-98-102(91,92)96-72-77(84)71-95-101(89,90)97-75-78(73-93-80(85)67-63-59-55-51-28-24-20-16-12-8-4)99-82(87)69-65-61-57-53-48-31-27-23-19-15-11-7-3/h77-79,84H,5-76H2,1-4H3,(H,89,90)(H,91,92)/t77-,78+,79+/m0/s1. The maximum absolute atomic E-state index is 13.1. The van der Waals surface area contributed by atoms with E-state index in [1.54, 1.807) is 0 Å². The van der Waals surface area contributed by atoms with Gasteiger partial charge in [-0.3, -0.25) is 37.3 Å². The van der Waals surface area contributed by atoms with E-state index in [0.29, 0.717) is 25.7 Å². The molecule has 0 amide bonds. The molecule has 0 aliphatic carbocycles. The Labute approximate surface area is 626 Å². The second-order valence-electron chi connectivity index (χ2n) is 29.9. The van der Waals surface area contributed by atoms with Gasteiger partial charge in [0.1, 0.15) is 19.3 Å². The summed E-state index contributed by atoms with van der Waals surface area (Å²) in [4.78, 5) is 73.0. The fraction of sp³-hybridized carbons (Fsp3) is 0.952. The molecule has 0 aliphatic heterocycles. The predicted octanol–water partition coefficient (Wildman–Crippen LogP) is 25.4. The zero-order chi connectivity index (χ0) is 74.6. The highest BCUT2D eigenvalue weighted by molar-refractivity contribution is 7.47. The molecule has 0 saturated carbocycles. The molecule has 2 unspecified atom stereocenters. The Balaban J connectivity index is 5.20. The second kappa shape index (κ2) is 77.2. The molecule has 5 atom stereocenters. The molecule has 17 nitrogen and oxygen atoms in total. The van der Waals surface area contributed by atoms with Crippen molar-refractivity contribution in [3.63, 3.8) is 0 Å². The largest absolute Gasteiger partial charge is 0.472 e. The summed E-state index contributed by atoms with van der Waals surface area (Å²) in [6.45, 7) is 5.02. The van der Waals surface area contributed by atoms with Crippen LogP contribution in [-0.4, -0.2) is 96.7 Å². The van der Waals surface area contributed by atoms with Crippen molar-refractivity contribution < 1.29 is 80.2 Å². The lowest BCUT2D eigenvalue weighted by Gasteiger charge is -2.21. The molecule has 102 heavy (non-hydrogen) atoms. The Kier molecular flexibility index (Phi) is 75.8. The highest BCUT2D eigenvalue weighted by Gasteiger charge is 2.30. The van der Waals surface area contributed by atoms with Crippen molar-refractivity contribution in [2.75, 3.05) is 39.6 Å². The lowest BCUT2D eigenvalue weighted by atomic mass is 10.0. The third-order valence-electron chi connectivity index (χ3n) is 19.6. The van der Waals surface area contributed by atoms with Crippen LogP contribution in [0.25, 0.3) is 0 Å². The Hall–Kier alpha value is -1.94. The number of aliphatic hydroxyl groups is 1. The van der Waals surface area contributed by atoms with Gasteiger partial charge in [-0.1, -0.05) is 400 Å². The van der Waals surface area contributed by atoms with Crippen molar-refractivity contribution in [1.82, 2.24) is 0 Å². The molecule has 0 saturated heterocycles. The van der Waals surface area contributed by atoms with Gasteiger partial charge in [0.15, 0.2) is 12.2 Å². The molecule has 0 aliphatic rings. The number of hydrogen-bond donors (Lipinski definition) is 3. The van der Waals surface area contributed by atoms with E-state index in [1.165, 1.54) is 283 Å². The Morgan fingerprint density at radius 1 is 0.235 bits per heavy atom. The summed E-state index contributed by atoms with van der Waals surface area (Å²) in [5.74, 6) is -2.10. The smallest absolute Gasteiger partial charge is 0.462 e. The number of aliphatic hydroxyl groups excluding tert-OH is 1. The van der Waals surface area contributed by atoms with Gasteiger partial charge in [-0.05, 0) is 25.7 Å². The van der Waals surface area contributed by atoms with Crippen molar-refractivity contribution >= 4 is 39.5 Å². The Bertz CT molecular complexity index is 1930. The van der Waals surface area contributed by atoms with Crippen LogP contribution >= 0.6 is 15.6 Å². The number of carbonyl (C=O) groups excluding carboxylic acids is 4. The number of rotatable bonds is 84. The lowest BCUT2D eigenvalue weighted by molar-refractivity contribution is -0.161. The van der Waals surface area contributed by atoms with E-state index < -0.39 is 97.5 Å². The van der Waals surface area contributed by atoms with Gasteiger partial charge >= 0.3 is 39.5 Å². The van der Waals surface area contributed by atoms with Crippen LogP contribution in [0, 0.1) is 0 Å². The first-order valence-electron chi connectivity index (χ1n) is 43.3. The van der Waals surface area contributed by atoms with Crippen molar-refractivity contribution in [2.45, 2.75) is 470 Å². The molecular weight excluding hydrogens is 1330 g/mol. The lowest BCUT2D eigenvalue weighted by Crippen LogP contribution is -2.30. The monoisotopic (exact) mass is 1490 g/mol. The van der Waals surface area contributed by atoms with Gasteiger partial charge in [-0.15, -0.1) is 0 Å². The number of hydrogen-bond acceptors (Lipinski definition) is 15. The highest BCUT2D eigenvalue weighted by atomic mass is 31.2. The van der Waals surface area contributed by atoms with Crippen LogP contribution in [-0.2, 0) is 65.4 Å². The average molecular weight is 1490 g/mol. The summed E-state index contributed by atoms with van der Waals surface area (Å²) < 4.78 is 68.7. The minimum Gasteiger partial charge on any atom is -0.462 e. The van der Waals surface area contributed by atoms with E-state index in [-0.39, 0.29) is 25.7 Å². The molecule has 0 bridgehead atoms. The number of phosphoric ester groups is 2. The van der Waals surface area contributed by atoms with E-state index >= 15 is 0 Å². The normalized spacial score (nSPS) is 13.8. The summed E-state index contributed by atoms with van der Waals surface area (Å²) in [6.07, 6.45) is 70.9. The zero-order valence-electron chi connectivity index (χ0n) is 66.6. The minimum absolute atomic E-state index is 0.108. The zero-order valence-corrected chi connectivity index (χ0v) is 68.4. The van der Waals surface area contributed by atoms with Crippen LogP contribution in [0.3, 0.4) is 0 Å². The first-order chi connectivity index (χ1) is 49.7. The first kappa shape index (κ1) is 100. The van der Waals surface area contributed by atoms with Crippen LogP contribution in [0.2, 0.25) is 0 Å². The van der Waals surface area contributed by atoms with Crippen molar-refractivity contribution in [3.05, 3.63) is 0 Å². The van der Waals surface area contributed by atoms with E-state index in [4.69, 9.17) is 37.0 Å². The van der Waals surface area contributed by atoms with Gasteiger partial charge in [0, 0.05) is 25.7 Å². The van der Waals surface area contributed by atoms with Gasteiger partial charge in [-0.2, -0.15) is 0 Å². The van der Waals surface area contributed by atoms with Crippen LogP contribution in [0.4, 0.5) is 0 Å². The molecule has 0 fully saturated rings. The fourth-order valence-electron chi connectivity index (χ4n) is 13.0. The third kappa shape index (κ3) is 76.3. The molecule has 0 radical (unpaired) electrons. The van der Waals surface area contributed by atoms with Gasteiger partial charge in [-0.25, -0.2) is 9.13 Å². The molecule has 0 aromatic carbocycles. The number of phosphoric acid groups is 2. The molecule has 0 aromatic rings. The molecule has 0 rings (SSSR count). The minimum atomic E-state index is -4.96. The molecule has 0 heterocycles. The van der Waals surface area contributed by atoms with Crippen LogP contribution in [0.15, 0.2) is 0 Å². The van der Waals surface area contributed by atoms with E-state index in [9.17, 15) is 43.2 Å². The van der Waals surface area contributed by atoms with E-state index in [2.05, 4.69) is 27.7 Å². The third-order valence-corrected chi connectivity index (χ3v) is 21.5. The van der Waals surface area contributed by atoms with Crippen LogP contribution in [0.5, 0.6) is 0 Å². The summed E-state index contributed by atoms with van der Waals surface area (Å²) in [5.41, 5.74) is 0. The van der Waals surface area contributed by atoms with Gasteiger partial charge in [0.05, 0.1) is 26.4 Å². The molecule has 3 N–H and O–H groups in total. The maximum Gasteiger partial charge on any atom is 0.472 e. The summed E-state index contributed by atoms with van der Waals surface area (Å²) in [5, 5.41) is 10.6. The molecule has 0 spiro atoms. The first-order valence-corrected chi connectivity index (χ1v) is 46.3. The van der Waals surface area contributed by atoms with Crippen molar-refractivity contribution in [2.24, 2.45) is 0 Å². The molecule has 606 valence electrons. The number of ether oxygens (including phenoxy) is 4. The highest BCUT2D eigenvalue weighted by Crippen LogP contribution is 2.45. The van der Waals surface area contributed by atoms with Gasteiger partial charge in [0.25, 0.3) is 0 Å². The molecular formula is C83H162O17P2. The summed E-state index contributed by atoms with van der Waals surface area (Å²) in [7, 11) is -9.92. The van der Waals surface area contributed by atoms with Crippen molar-refractivity contribution in [1.29, 1.82) is 0 Å². The average Bonchev–Trinajstić information content (AvgIpc) is 0.927. The predicted molar refractivity (Wildman–Crippen MR) is 419 cm³/mol. The number of unbranched alkanes of at least 4 members (excludes halogenated alkanes) is 58. The van der Waals surface area contributed by atoms with Gasteiger partial charge < -0.3 is 33.8 Å². The quantitative estimate of drug-likeness (QED) is 0.0222. The second-order valence-corrected chi connectivity index (χ2v) is 32.8. The number of carbonyl (C=O) groups is 4. The number of esters is 4.